The Labute approximate surface area is 108 Å². The van der Waals surface area contributed by atoms with Gasteiger partial charge in [-0.05, 0) is 6.42 Å². The Kier molecular flexibility index (Phi) is 11.8. The molecular formula is C12H23NO5. The van der Waals surface area contributed by atoms with E-state index in [0.717, 1.165) is 0 Å². The number of rotatable bonds is 12. The molecule has 0 unspecified atom stereocenters. The predicted molar refractivity (Wildman–Crippen MR) is 66.4 cm³/mol. The van der Waals surface area contributed by atoms with Crippen molar-refractivity contribution in [2.24, 2.45) is 0 Å². The van der Waals surface area contributed by atoms with Crippen molar-refractivity contribution in [1.29, 1.82) is 0 Å². The van der Waals surface area contributed by atoms with Crippen LogP contribution in [-0.4, -0.2) is 58.9 Å². The number of carbonyl (C=O) groups is 2. The molecule has 1 amide bonds. The van der Waals surface area contributed by atoms with Gasteiger partial charge in [0.2, 0.25) is 5.91 Å². The Hall–Kier alpha value is -0.980. The van der Waals surface area contributed by atoms with Crippen molar-refractivity contribution in [1.82, 2.24) is 5.32 Å². The third-order valence-corrected chi connectivity index (χ3v) is 2.19. The maximum absolute atomic E-state index is 11.4. The molecule has 0 bridgehead atoms. The third kappa shape index (κ3) is 11.5. The van der Waals surface area contributed by atoms with Crippen LogP contribution in [0.15, 0.2) is 0 Å². The van der Waals surface area contributed by atoms with E-state index >= 15 is 0 Å². The molecule has 6 heteroatoms. The highest BCUT2D eigenvalue weighted by molar-refractivity contribution is 5.79. The molecule has 0 fully saturated rings. The molecule has 0 aliphatic rings. The van der Waals surface area contributed by atoms with Gasteiger partial charge in [-0.3, -0.25) is 9.59 Å². The molecule has 0 rings (SSSR count). The number of carbonyl (C=O) groups excluding carboxylic acids is 2. The fourth-order valence-corrected chi connectivity index (χ4v) is 1.25. The molecule has 6 nitrogen and oxygen atoms in total. The van der Waals surface area contributed by atoms with E-state index in [1.165, 1.54) is 7.11 Å². The van der Waals surface area contributed by atoms with Crippen molar-refractivity contribution in [3.63, 3.8) is 0 Å². The van der Waals surface area contributed by atoms with Crippen molar-refractivity contribution in [2.75, 3.05) is 47.2 Å². The van der Waals surface area contributed by atoms with Gasteiger partial charge in [-0.25, -0.2) is 0 Å². The highest BCUT2D eigenvalue weighted by Crippen LogP contribution is 1.95. The highest BCUT2D eigenvalue weighted by Gasteiger charge is 2.03. The molecule has 0 aliphatic carbocycles. The van der Waals surface area contributed by atoms with Gasteiger partial charge in [-0.2, -0.15) is 0 Å². The number of methoxy groups -OCH3 is 2. The summed E-state index contributed by atoms with van der Waals surface area (Å²) in [6, 6.07) is 0. The number of amides is 1. The molecule has 1 N–H and O–H groups in total. The van der Waals surface area contributed by atoms with Crippen molar-refractivity contribution in [3.8, 4) is 0 Å². The van der Waals surface area contributed by atoms with Crippen LogP contribution in [0, 0.1) is 0 Å². The first-order valence-corrected chi connectivity index (χ1v) is 6.04. The number of ketones is 1. The molecule has 0 aliphatic heterocycles. The lowest BCUT2D eigenvalue weighted by Crippen LogP contribution is -2.28. The molecule has 0 saturated heterocycles. The van der Waals surface area contributed by atoms with Crippen LogP contribution in [0.4, 0.5) is 0 Å². The summed E-state index contributed by atoms with van der Waals surface area (Å²) in [5, 5.41) is 2.66. The SMILES string of the molecule is COCCOCCC(=O)CCCNC(=O)COC. The molecule has 0 aromatic heterocycles. The lowest BCUT2D eigenvalue weighted by molar-refractivity contribution is -0.125. The summed E-state index contributed by atoms with van der Waals surface area (Å²) in [5.41, 5.74) is 0. The lowest BCUT2D eigenvalue weighted by Gasteiger charge is -2.05. The van der Waals surface area contributed by atoms with Gasteiger partial charge in [0.05, 0.1) is 19.8 Å². The zero-order chi connectivity index (χ0) is 13.6. The first kappa shape index (κ1) is 17.0. The largest absolute Gasteiger partial charge is 0.382 e. The average Bonchev–Trinajstić information content (AvgIpc) is 2.35. The monoisotopic (exact) mass is 261 g/mol. The maximum atomic E-state index is 11.4. The second kappa shape index (κ2) is 12.5. The fourth-order valence-electron chi connectivity index (χ4n) is 1.25. The van der Waals surface area contributed by atoms with E-state index in [4.69, 9.17) is 9.47 Å². The lowest BCUT2D eigenvalue weighted by atomic mass is 10.2. The van der Waals surface area contributed by atoms with E-state index in [0.29, 0.717) is 45.6 Å². The predicted octanol–water partition coefficient (Wildman–Crippen LogP) is 0.151. The van der Waals surface area contributed by atoms with Gasteiger partial charge in [-0.15, -0.1) is 0 Å². The Morgan fingerprint density at radius 2 is 1.78 bits per heavy atom. The van der Waals surface area contributed by atoms with Crippen LogP contribution in [-0.2, 0) is 23.8 Å². The molecule has 0 heterocycles. The molecule has 0 aromatic rings. The van der Waals surface area contributed by atoms with Crippen molar-refractivity contribution in [2.45, 2.75) is 19.3 Å². The summed E-state index contributed by atoms with van der Waals surface area (Å²) in [4.78, 5) is 22.4. The molecule has 0 spiro atoms. The number of nitrogens with one attached hydrogen (secondary N) is 1. The van der Waals surface area contributed by atoms with Crippen LogP contribution >= 0.6 is 0 Å². The zero-order valence-electron chi connectivity index (χ0n) is 11.2. The van der Waals surface area contributed by atoms with Gasteiger partial charge < -0.3 is 19.5 Å². The van der Waals surface area contributed by atoms with Crippen LogP contribution in [0.1, 0.15) is 19.3 Å². The van der Waals surface area contributed by atoms with Gasteiger partial charge >= 0.3 is 0 Å². The number of Topliss-reactive ketones (excluding diaryl/α,β-unsaturated/α-hetero) is 1. The minimum atomic E-state index is -0.159. The number of hydrogen-bond acceptors (Lipinski definition) is 5. The van der Waals surface area contributed by atoms with Crippen molar-refractivity contribution >= 4 is 11.7 Å². The summed E-state index contributed by atoms with van der Waals surface area (Å²) in [6.07, 6.45) is 1.52. The summed E-state index contributed by atoms with van der Waals surface area (Å²) in [5.74, 6) is -0.0127. The van der Waals surface area contributed by atoms with Crippen molar-refractivity contribution in [3.05, 3.63) is 0 Å². The highest BCUT2D eigenvalue weighted by atomic mass is 16.5. The molecule has 0 radical (unpaired) electrons. The number of hydrogen-bond donors (Lipinski definition) is 1. The zero-order valence-corrected chi connectivity index (χ0v) is 11.2. The van der Waals surface area contributed by atoms with Crippen LogP contribution < -0.4 is 5.32 Å². The third-order valence-electron chi connectivity index (χ3n) is 2.19. The van der Waals surface area contributed by atoms with Gasteiger partial charge in [0.25, 0.3) is 0 Å². The van der Waals surface area contributed by atoms with Gasteiger partial charge in [0, 0.05) is 33.6 Å². The van der Waals surface area contributed by atoms with Gasteiger partial charge in [-0.1, -0.05) is 0 Å². The van der Waals surface area contributed by atoms with Crippen LogP contribution in [0.5, 0.6) is 0 Å². The summed E-state index contributed by atoms with van der Waals surface area (Å²) < 4.78 is 14.7. The average molecular weight is 261 g/mol. The van der Waals surface area contributed by atoms with Crippen LogP contribution in [0.3, 0.4) is 0 Å². The topological polar surface area (TPSA) is 73.9 Å². The number of ether oxygens (including phenoxy) is 3. The standard InChI is InChI=1S/C12H23NO5/c1-16-8-9-18-7-5-11(14)4-3-6-13-12(15)10-17-2/h3-10H2,1-2H3,(H,13,15). The Morgan fingerprint density at radius 3 is 2.44 bits per heavy atom. The minimum absolute atomic E-state index is 0.0568. The first-order valence-electron chi connectivity index (χ1n) is 6.04. The summed E-state index contributed by atoms with van der Waals surface area (Å²) in [6.45, 7) is 2.04. The van der Waals surface area contributed by atoms with E-state index in [2.05, 4.69) is 10.1 Å². The first-order chi connectivity index (χ1) is 8.70. The molecule has 0 aromatic carbocycles. The van der Waals surface area contributed by atoms with E-state index < -0.39 is 0 Å². The fraction of sp³-hybridized carbons (Fsp3) is 0.833. The van der Waals surface area contributed by atoms with E-state index in [1.54, 1.807) is 7.11 Å². The Bertz CT molecular complexity index is 233. The van der Waals surface area contributed by atoms with E-state index in [1.807, 2.05) is 0 Å². The van der Waals surface area contributed by atoms with E-state index in [9.17, 15) is 9.59 Å². The van der Waals surface area contributed by atoms with Gasteiger partial charge in [0.1, 0.15) is 12.4 Å². The smallest absolute Gasteiger partial charge is 0.245 e. The molecular weight excluding hydrogens is 238 g/mol. The van der Waals surface area contributed by atoms with E-state index in [-0.39, 0.29) is 18.3 Å². The second-order valence-electron chi connectivity index (χ2n) is 3.78. The molecule has 0 saturated carbocycles. The quantitative estimate of drug-likeness (QED) is 0.506. The summed E-state index contributed by atoms with van der Waals surface area (Å²) >= 11 is 0. The normalized spacial score (nSPS) is 10.3. The Balaban J connectivity index is 3.29. The maximum Gasteiger partial charge on any atom is 0.245 e. The van der Waals surface area contributed by atoms with Crippen LogP contribution in [0.2, 0.25) is 0 Å². The Morgan fingerprint density at radius 1 is 1.00 bits per heavy atom. The van der Waals surface area contributed by atoms with Crippen molar-refractivity contribution < 1.29 is 23.8 Å². The minimum Gasteiger partial charge on any atom is -0.382 e. The molecule has 18 heavy (non-hydrogen) atoms. The molecule has 0 atom stereocenters. The second-order valence-corrected chi connectivity index (χ2v) is 3.78. The van der Waals surface area contributed by atoms with Crippen LogP contribution in [0.25, 0.3) is 0 Å². The van der Waals surface area contributed by atoms with Gasteiger partial charge in [0.15, 0.2) is 0 Å². The molecule has 106 valence electrons. The summed E-state index contributed by atoms with van der Waals surface area (Å²) in [7, 11) is 3.07.